The quantitative estimate of drug-likeness (QED) is 0.814. The molecule has 0 aliphatic carbocycles. The number of aromatic nitrogens is 2. The van der Waals surface area contributed by atoms with Crippen LogP contribution in [0.25, 0.3) is 0 Å². The Morgan fingerprint density at radius 2 is 2.12 bits per heavy atom. The molecule has 1 unspecified atom stereocenters. The van der Waals surface area contributed by atoms with Gasteiger partial charge in [-0.25, -0.2) is 9.97 Å². The molecule has 1 aromatic heterocycles. The molecule has 1 aliphatic heterocycles. The second-order valence-electron chi connectivity index (χ2n) is 5.77. The highest BCUT2D eigenvalue weighted by atomic mass is 16.5. The number of hydrogen-bond donors (Lipinski definition) is 2. The fourth-order valence-corrected chi connectivity index (χ4v) is 2.64. The molecule has 1 atom stereocenters. The van der Waals surface area contributed by atoms with Gasteiger partial charge in [-0.3, -0.25) is 4.79 Å². The van der Waals surface area contributed by atoms with E-state index in [2.05, 4.69) is 32.7 Å². The van der Waals surface area contributed by atoms with Crippen LogP contribution in [-0.4, -0.2) is 41.7 Å². The molecule has 0 spiro atoms. The molecule has 2 heterocycles. The van der Waals surface area contributed by atoms with Gasteiger partial charge in [-0.15, -0.1) is 0 Å². The summed E-state index contributed by atoms with van der Waals surface area (Å²) in [4.78, 5) is 20.6. The first-order valence-corrected chi connectivity index (χ1v) is 8.32. The summed E-state index contributed by atoms with van der Waals surface area (Å²) in [6, 6.07) is 11.8. The Hall–Kier alpha value is -2.47. The summed E-state index contributed by atoms with van der Waals surface area (Å²) < 4.78 is 5.50. The van der Waals surface area contributed by atoms with E-state index in [4.69, 9.17) is 4.74 Å². The summed E-state index contributed by atoms with van der Waals surface area (Å²) in [5.41, 5.74) is 1.61. The highest BCUT2D eigenvalue weighted by molar-refractivity contribution is 5.92. The van der Waals surface area contributed by atoms with Crippen molar-refractivity contribution in [3.63, 3.8) is 0 Å². The fourth-order valence-electron chi connectivity index (χ4n) is 2.64. The van der Waals surface area contributed by atoms with Crippen LogP contribution in [0, 0.1) is 0 Å². The number of amides is 1. The van der Waals surface area contributed by atoms with Crippen molar-refractivity contribution < 1.29 is 9.53 Å². The molecule has 1 amide bonds. The van der Waals surface area contributed by atoms with Crippen LogP contribution in [0.1, 0.15) is 28.9 Å². The van der Waals surface area contributed by atoms with E-state index in [1.165, 1.54) is 5.56 Å². The first-order valence-electron chi connectivity index (χ1n) is 8.32. The molecule has 0 radical (unpaired) electrons. The molecule has 6 nitrogen and oxygen atoms in total. The Balaban J connectivity index is 1.48. The Bertz CT molecular complexity index is 657. The highest BCUT2D eigenvalue weighted by Gasteiger charge is 2.17. The van der Waals surface area contributed by atoms with Gasteiger partial charge in [0.25, 0.3) is 5.91 Å². The van der Waals surface area contributed by atoms with Gasteiger partial charge in [0.05, 0.1) is 6.10 Å². The Morgan fingerprint density at radius 1 is 1.25 bits per heavy atom. The van der Waals surface area contributed by atoms with Crippen LogP contribution in [0.5, 0.6) is 0 Å². The van der Waals surface area contributed by atoms with Gasteiger partial charge in [-0.2, -0.15) is 0 Å². The number of nitrogens with one attached hydrogen (secondary N) is 2. The van der Waals surface area contributed by atoms with Gasteiger partial charge in [0.1, 0.15) is 5.69 Å². The molecule has 2 N–H and O–H groups in total. The monoisotopic (exact) mass is 326 g/mol. The lowest BCUT2D eigenvalue weighted by atomic mass is 10.1. The Morgan fingerprint density at radius 3 is 2.92 bits per heavy atom. The summed E-state index contributed by atoms with van der Waals surface area (Å²) in [5, 5.41) is 6.03. The van der Waals surface area contributed by atoms with Crippen LogP contribution in [0.15, 0.2) is 42.6 Å². The average molecular weight is 326 g/mol. The van der Waals surface area contributed by atoms with Crippen LogP contribution < -0.4 is 10.6 Å². The van der Waals surface area contributed by atoms with Crippen LogP contribution in [-0.2, 0) is 11.2 Å². The second-order valence-corrected chi connectivity index (χ2v) is 5.77. The molecule has 1 saturated heterocycles. The standard InChI is InChI=1S/C18H22N4O2/c23-17(21-13-15-7-4-12-24-15)16-9-11-20-18(22-16)19-10-8-14-5-2-1-3-6-14/h1-3,5-6,9,11,15H,4,7-8,10,12-13H2,(H,21,23)(H,19,20,22). The third-order valence-corrected chi connectivity index (χ3v) is 3.94. The Kier molecular flexibility index (Phi) is 5.74. The van der Waals surface area contributed by atoms with Gasteiger partial charge >= 0.3 is 0 Å². The van der Waals surface area contributed by atoms with Crippen molar-refractivity contribution in [3.05, 3.63) is 53.9 Å². The smallest absolute Gasteiger partial charge is 0.270 e. The summed E-state index contributed by atoms with van der Waals surface area (Å²) in [6.07, 6.45) is 4.65. The number of carbonyl (C=O) groups is 1. The van der Waals surface area contributed by atoms with Gasteiger partial charge in [0.2, 0.25) is 5.95 Å². The molecule has 1 aromatic carbocycles. The molecular weight excluding hydrogens is 304 g/mol. The molecular formula is C18H22N4O2. The van der Waals surface area contributed by atoms with Crippen molar-refractivity contribution in [2.45, 2.75) is 25.4 Å². The van der Waals surface area contributed by atoms with Crippen LogP contribution in [0.2, 0.25) is 0 Å². The zero-order valence-electron chi connectivity index (χ0n) is 13.6. The van der Waals surface area contributed by atoms with Crippen molar-refractivity contribution in [2.24, 2.45) is 0 Å². The molecule has 6 heteroatoms. The van der Waals surface area contributed by atoms with Crippen molar-refractivity contribution in [2.75, 3.05) is 25.0 Å². The maximum atomic E-state index is 12.2. The van der Waals surface area contributed by atoms with E-state index < -0.39 is 0 Å². The lowest BCUT2D eigenvalue weighted by molar-refractivity contribution is 0.0853. The number of carbonyl (C=O) groups excluding carboxylic acids is 1. The van der Waals surface area contributed by atoms with E-state index in [1.54, 1.807) is 12.3 Å². The van der Waals surface area contributed by atoms with Crippen molar-refractivity contribution in [1.82, 2.24) is 15.3 Å². The second kappa shape index (κ2) is 8.40. The summed E-state index contributed by atoms with van der Waals surface area (Å²) >= 11 is 0. The molecule has 126 valence electrons. The van der Waals surface area contributed by atoms with Gasteiger partial charge in [0.15, 0.2) is 0 Å². The number of benzene rings is 1. The van der Waals surface area contributed by atoms with Gasteiger partial charge in [-0.05, 0) is 30.9 Å². The van der Waals surface area contributed by atoms with Crippen molar-refractivity contribution in [3.8, 4) is 0 Å². The van der Waals surface area contributed by atoms with E-state index in [0.717, 1.165) is 25.9 Å². The Labute approximate surface area is 141 Å². The fraction of sp³-hybridized carbons (Fsp3) is 0.389. The summed E-state index contributed by atoms with van der Waals surface area (Å²) in [7, 11) is 0. The lowest BCUT2D eigenvalue weighted by Gasteiger charge is -2.11. The molecule has 2 aromatic rings. The van der Waals surface area contributed by atoms with E-state index in [9.17, 15) is 4.79 Å². The molecule has 3 rings (SSSR count). The highest BCUT2D eigenvalue weighted by Crippen LogP contribution is 2.11. The van der Waals surface area contributed by atoms with E-state index in [1.807, 2.05) is 18.2 Å². The van der Waals surface area contributed by atoms with Crippen LogP contribution >= 0.6 is 0 Å². The zero-order valence-corrected chi connectivity index (χ0v) is 13.6. The minimum absolute atomic E-state index is 0.124. The topological polar surface area (TPSA) is 76.1 Å². The minimum atomic E-state index is -0.195. The predicted molar refractivity (Wildman–Crippen MR) is 92.0 cm³/mol. The largest absolute Gasteiger partial charge is 0.376 e. The third kappa shape index (κ3) is 4.76. The number of nitrogens with zero attached hydrogens (tertiary/aromatic N) is 2. The molecule has 0 saturated carbocycles. The van der Waals surface area contributed by atoms with Crippen molar-refractivity contribution >= 4 is 11.9 Å². The average Bonchev–Trinajstić information content (AvgIpc) is 3.14. The maximum Gasteiger partial charge on any atom is 0.270 e. The third-order valence-electron chi connectivity index (χ3n) is 3.94. The van der Waals surface area contributed by atoms with Crippen molar-refractivity contribution in [1.29, 1.82) is 0 Å². The van der Waals surface area contributed by atoms with Gasteiger partial charge < -0.3 is 15.4 Å². The van der Waals surface area contributed by atoms with Gasteiger partial charge in [-0.1, -0.05) is 30.3 Å². The van der Waals surface area contributed by atoms with E-state index in [-0.39, 0.29) is 12.0 Å². The molecule has 24 heavy (non-hydrogen) atoms. The summed E-state index contributed by atoms with van der Waals surface area (Å²) in [6.45, 7) is 2.02. The predicted octanol–water partition coefficient (Wildman–Crippen LogP) is 2.04. The summed E-state index contributed by atoms with van der Waals surface area (Å²) in [5.74, 6) is 0.273. The van der Waals surface area contributed by atoms with E-state index in [0.29, 0.717) is 24.7 Å². The lowest BCUT2D eigenvalue weighted by Crippen LogP contribution is -2.32. The number of hydrogen-bond acceptors (Lipinski definition) is 5. The normalized spacial score (nSPS) is 16.8. The number of rotatable bonds is 7. The molecule has 1 fully saturated rings. The minimum Gasteiger partial charge on any atom is -0.376 e. The zero-order chi connectivity index (χ0) is 16.6. The molecule has 0 bridgehead atoms. The number of ether oxygens (including phenoxy) is 1. The van der Waals surface area contributed by atoms with Crippen LogP contribution in [0.4, 0.5) is 5.95 Å². The first kappa shape index (κ1) is 16.4. The first-order chi connectivity index (χ1) is 11.8. The maximum absolute atomic E-state index is 12.2. The SMILES string of the molecule is O=C(NCC1CCCO1)c1ccnc(NCCc2ccccc2)n1. The van der Waals surface area contributed by atoms with Gasteiger partial charge in [0, 0.05) is 25.9 Å². The molecule has 1 aliphatic rings. The number of anilines is 1. The van der Waals surface area contributed by atoms with Crippen LogP contribution in [0.3, 0.4) is 0 Å². The van der Waals surface area contributed by atoms with E-state index >= 15 is 0 Å².